The lowest BCUT2D eigenvalue weighted by atomic mass is 10.1. The topological polar surface area (TPSA) is 159 Å². The Morgan fingerprint density at radius 2 is 1.71 bits per heavy atom. The van der Waals surface area contributed by atoms with Crippen molar-refractivity contribution in [1.29, 1.82) is 0 Å². The number of rotatable bonds is 9. The van der Waals surface area contributed by atoms with Crippen LogP contribution in [0.25, 0.3) is 0 Å². The van der Waals surface area contributed by atoms with E-state index in [1.807, 2.05) is 11.4 Å². The summed E-state index contributed by atoms with van der Waals surface area (Å²) in [5, 5.41) is 21.7. The van der Waals surface area contributed by atoms with E-state index in [0.29, 0.717) is 0 Å². The highest BCUT2D eigenvalue weighted by molar-refractivity contribution is 5.91. The van der Waals surface area contributed by atoms with E-state index in [2.05, 4.69) is 5.32 Å². The fourth-order valence-corrected chi connectivity index (χ4v) is 1.87. The van der Waals surface area contributed by atoms with Crippen molar-refractivity contribution in [2.45, 2.75) is 24.9 Å². The molecule has 2 amide bonds. The first-order chi connectivity index (χ1) is 11.3. The molecule has 0 spiro atoms. The number of hydrogen-bond donors (Lipinski definition) is 5. The maximum Gasteiger partial charge on any atom is 0.326 e. The van der Waals surface area contributed by atoms with Gasteiger partial charge in [-0.25, -0.2) is 4.79 Å². The first kappa shape index (κ1) is 19.1. The third kappa shape index (κ3) is 6.88. The number of hydrogen-bond acceptors (Lipinski definition) is 5. The van der Waals surface area contributed by atoms with Crippen LogP contribution in [0.15, 0.2) is 30.3 Å². The number of carboxylic acid groups (broad SMARTS) is 2. The molecule has 130 valence electrons. The second-order valence-corrected chi connectivity index (χ2v) is 5.07. The van der Waals surface area contributed by atoms with E-state index in [1.165, 1.54) is 0 Å². The molecule has 0 aliphatic carbocycles. The van der Waals surface area contributed by atoms with Crippen molar-refractivity contribution in [1.82, 2.24) is 10.6 Å². The van der Waals surface area contributed by atoms with Crippen molar-refractivity contribution in [2.75, 3.05) is 6.54 Å². The second-order valence-electron chi connectivity index (χ2n) is 5.07. The molecule has 2 atom stereocenters. The standard InChI is InChI=1S/C15H19N3O6/c16-10(6-9-4-2-1-3-5-9)14(22)18-11(15(23)24)7-12(19)17-8-13(20)21/h1-5,10-11H,6-8,16H2,(H,17,19)(H,18,22)(H,20,21)(H,23,24)/t10-,11-/m0/s1. The molecule has 0 bridgehead atoms. The largest absolute Gasteiger partial charge is 0.480 e. The van der Waals surface area contributed by atoms with E-state index in [0.717, 1.165) is 5.56 Å². The van der Waals surface area contributed by atoms with Crippen molar-refractivity contribution < 1.29 is 29.4 Å². The maximum atomic E-state index is 12.0. The van der Waals surface area contributed by atoms with Gasteiger partial charge in [0, 0.05) is 0 Å². The van der Waals surface area contributed by atoms with Gasteiger partial charge in [0.25, 0.3) is 0 Å². The fraction of sp³-hybridized carbons (Fsp3) is 0.333. The van der Waals surface area contributed by atoms with Crippen molar-refractivity contribution in [2.24, 2.45) is 5.73 Å². The van der Waals surface area contributed by atoms with Gasteiger partial charge in [0.05, 0.1) is 12.5 Å². The number of nitrogens with two attached hydrogens (primary N) is 1. The zero-order valence-corrected chi connectivity index (χ0v) is 12.8. The van der Waals surface area contributed by atoms with E-state index in [1.54, 1.807) is 24.3 Å². The van der Waals surface area contributed by atoms with Crippen LogP contribution in [0, 0.1) is 0 Å². The molecule has 0 aromatic heterocycles. The zero-order valence-electron chi connectivity index (χ0n) is 12.8. The SMILES string of the molecule is N[C@@H](Cc1ccccc1)C(=O)N[C@@H](CC(=O)NCC(=O)O)C(=O)O. The van der Waals surface area contributed by atoms with Crippen LogP contribution < -0.4 is 16.4 Å². The Labute approximate surface area is 137 Å². The molecular weight excluding hydrogens is 318 g/mol. The summed E-state index contributed by atoms with van der Waals surface area (Å²) in [6.45, 7) is -0.632. The monoisotopic (exact) mass is 337 g/mol. The molecule has 1 rings (SSSR count). The molecule has 9 nitrogen and oxygen atoms in total. The van der Waals surface area contributed by atoms with E-state index in [9.17, 15) is 19.2 Å². The Kier molecular flexibility index (Phi) is 7.37. The van der Waals surface area contributed by atoms with Gasteiger partial charge in [0.1, 0.15) is 12.6 Å². The molecule has 1 aromatic rings. The average Bonchev–Trinajstić information content (AvgIpc) is 2.53. The van der Waals surface area contributed by atoms with Crippen molar-refractivity contribution in [3.63, 3.8) is 0 Å². The summed E-state index contributed by atoms with van der Waals surface area (Å²) in [5.74, 6) is -4.19. The van der Waals surface area contributed by atoms with Crippen molar-refractivity contribution in [3.8, 4) is 0 Å². The van der Waals surface area contributed by atoms with Crippen LogP contribution >= 0.6 is 0 Å². The second kappa shape index (κ2) is 9.26. The summed E-state index contributed by atoms with van der Waals surface area (Å²) < 4.78 is 0. The summed E-state index contributed by atoms with van der Waals surface area (Å²) in [5.41, 5.74) is 6.55. The van der Waals surface area contributed by atoms with Gasteiger partial charge < -0.3 is 26.6 Å². The minimum absolute atomic E-state index is 0.213. The predicted molar refractivity (Wildman–Crippen MR) is 83.0 cm³/mol. The number of carbonyl (C=O) groups is 4. The Morgan fingerprint density at radius 3 is 2.25 bits per heavy atom. The van der Waals surface area contributed by atoms with Crippen LogP contribution in [0.4, 0.5) is 0 Å². The lowest BCUT2D eigenvalue weighted by Gasteiger charge is -2.17. The number of nitrogens with one attached hydrogen (secondary N) is 2. The molecule has 0 aliphatic rings. The van der Waals surface area contributed by atoms with Gasteiger partial charge in [-0.05, 0) is 12.0 Å². The Hall–Kier alpha value is -2.94. The highest BCUT2D eigenvalue weighted by atomic mass is 16.4. The van der Waals surface area contributed by atoms with Crippen molar-refractivity contribution in [3.05, 3.63) is 35.9 Å². The molecule has 0 saturated carbocycles. The molecule has 0 aliphatic heterocycles. The molecular formula is C15H19N3O6. The third-order valence-electron chi connectivity index (χ3n) is 3.08. The first-order valence-electron chi connectivity index (χ1n) is 7.10. The van der Waals surface area contributed by atoms with E-state index < -0.39 is 48.8 Å². The van der Waals surface area contributed by atoms with Gasteiger partial charge in [0.15, 0.2) is 0 Å². The van der Waals surface area contributed by atoms with Crippen LogP contribution in [0.5, 0.6) is 0 Å². The first-order valence-corrected chi connectivity index (χ1v) is 7.10. The molecule has 0 fully saturated rings. The third-order valence-corrected chi connectivity index (χ3v) is 3.08. The molecule has 6 N–H and O–H groups in total. The number of carboxylic acids is 2. The minimum Gasteiger partial charge on any atom is -0.480 e. The van der Waals surface area contributed by atoms with Gasteiger partial charge >= 0.3 is 11.9 Å². The fourth-order valence-electron chi connectivity index (χ4n) is 1.87. The van der Waals surface area contributed by atoms with E-state index >= 15 is 0 Å². The van der Waals surface area contributed by atoms with Gasteiger partial charge in [-0.2, -0.15) is 0 Å². The average molecular weight is 337 g/mol. The number of benzene rings is 1. The highest BCUT2D eigenvalue weighted by Crippen LogP contribution is 2.03. The van der Waals surface area contributed by atoms with Crippen LogP contribution in [0.2, 0.25) is 0 Å². The van der Waals surface area contributed by atoms with Crippen LogP contribution in [0.3, 0.4) is 0 Å². The molecule has 1 aromatic carbocycles. The summed E-state index contributed by atoms with van der Waals surface area (Å²) in [6.07, 6.45) is -0.378. The van der Waals surface area contributed by atoms with Gasteiger partial charge in [0.2, 0.25) is 11.8 Å². The van der Waals surface area contributed by atoms with Gasteiger partial charge in [-0.15, -0.1) is 0 Å². The zero-order chi connectivity index (χ0) is 18.1. The van der Waals surface area contributed by atoms with Crippen LogP contribution in [-0.2, 0) is 25.6 Å². The van der Waals surface area contributed by atoms with Gasteiger partial charge in [-0.1, -0.05) is 30.3 Å². The molecule has 0 heterocycles. The summed E-state index contributed by atoms with van der Waals surface area (Å²) >= 11 is 0. The smallest absolute Gasteiger partial charge is 0.326 e. The minimum atomic E-state index is -1.49. The Balaban J connectivity index is 2.57. The predicted octanol–water partition coefficient (Wildman–Crippen LogP) is -1.28. The van der Waals surface area contributed by atoms with Crippen LogP contribution in [-0.4, -0.2) is 52.6 Å². The van der Waals surface area contributed by atoms with E-state index in [-0.39, 0.29) is 6.42 Å². The summed E-state index contributed by atoms with van der Waals surface area (Å²) in [4.78, 5) is 45.0. The number of aliphatic carboxylic acids is 2. The quantitative estimate of drug-likeness (QED) is 0.375. The lowest BCUT2D eigenvalue weighted by Crippen LogP contribution is -2.50. The Morgan fingerprint density at radius 1 is 1.08 bits per heavy atom. The maximum absolute atomic E-state index is 12.0. The number of amides is 2. The molecule has 0 saturated heterocycles. The molecule has 9 heteroatoms. The Bertz CT molecular complexity index is 604. The summed E-state index contributed by atoms with van der Waals surface area (Å²) in [7, 11) is 0. The highest BCUT2D eigenvalue weighted by Gasteiger charge is 2.26. The lowest BCUT2D eigenvalue weighted by molar-refractivity contribution is -0.144. The van der Waals surface area contributed by atoms with Crippen molar-refractivity contribution >= 4 is 23.8 Å². The van der Waals surface area contributed by atoms with Gasteiger partial charge in [-0.3, -0.25) is 14.4 Å². The molecule has 0 radical (unpaired) electrons. The van der Waals surface area contributed by atoms with E-state index in [4.69, 9.17) is 15.9 Å². The van der Waals surface area contributed by atoms with Crippen LogP contribution in [0.1, 0.15) is 12.0 Å². The summed E-state index contributed by atoms with van der Waals surface area (Å²) in [6, 6.07) is 6.47. The molecule has 24 heavy (non-hydrogen) atoms. The normalized spacial score (nSPS) is 12.7. The molecule has 0 unspecified atom stereocenters. The number of carbonyl (C=O) groups excluding carboxylic acids is 2.